The van der Waals surface area contributed by atoms with Crippen molar-refractivity contribution in [2.24, 2.45) is 0 Å². The Morgan fingerprint density at radius 2 is 1.61 bits per heavy atom. The first-order chi connectivity index (χ1) is 8.83. The maximum Gasteiger partial charge on any atom is 0.100 e. The largest absolute Gasteiger partial charge is 0.232 e. The Kier molecular flexibility index (Phi) is 5.96. The molecular formula is C16H14NO. The highest BCUT2D eigenvalue weighted by atomic mass is 16.2. The summed E-state index contributed by atoms with van der Waals surface area (Å²) in [5.74, 6) is 0. The van der Waals surface area contributed by atoms with Crippen LogP contribution in [0.4, 0.5) is 0 Å². The lowest BCUT2D eigenvalue weighted by atomic mass is 10.0. The van der Waals surface area contributed by atoms with Gasteiger partial charge < -0.3 is 0 Å². The van der Waals surface area contributed by atoms with Crippen LogP contribution >= 0.6 is 0 Å². The molecule has 0 heterocycles. The zero-order chi connectivity index (χ0) is 13.2. The molecule has 0 saturated carbocycles. The first kappa shape index (κ1) is 13.7. The predicted octanol–water partition coefficient (Wildman–Crippen LogP) is 3.83. The topological polar surface area (TPSA) is 43.7 Å². The van der Waals surface area contributed by atoms with Gasteiger partial charge in [-0.25, -0.2) is 5.11 Å². The van der Waals surface area contributed by atoms with Crippen LogP contribution in [0, 0.1) is 11.3 Å². The number of rotatable bonds is 2. The third-order valence-electron chi connectivity index (χ3n) is 2.25. The van der Waals surface area contributed by atoms with E-state index >= 15 is 0 Å². The molecule has 1 radical (unpaired) electrons. The summed E-state index contributed by atoms with van der Waals surface area (Å²) in [6, 6.07) is 19.8. The van der Waals surface area contributed by atoms with Crippen LogP contribution in [0.25, 0.3) is 11.1 Å². The van der Waals surface area contributed by atoms with Gasteiger partial charge in [0, 0.05) is 0 Å². The number of benzene rings is 2. The van der Waals surface area contributed by atoms with Gasteiger partial charge in [-0.05, 0) is 17.2 Å². The molecule has 18 heavy (non-hydrogen) atoms. The van der Waals surface area contributed by atoms with Crippen LogP contribution in [0.5, 0.6) is 0 Å². The van der Waals surface area contributed by atoms with Crippen LogP contribution in [0.1, 0.15) is 5.56 Å². The summed E-state index contributed by atoms with van der Waals surface area (Å²) in [6.07, 6.45) is 1.32. The molecule has 0 fully saturated rings. The molecule has 2 rings (SSSR count). The van der Waals surface area contributed by atoms with Crippen molar-refractivity contribution in [3.8, 4) is 17.2 Å². The Balaban J connectivity index is 0.000000357. The maximum absolute atomic E-state index is 9.18. The van der Waals surface area contributed by atoms with Gasteiger partial charge >= 0.3 is 0 Å². The highest BCUT2D eigenvalue weighted by molar-refractivity contribution is 5.70. The van der Waals surface area contributed by atoms with Crippen molar-refractivity contribution in [1.29, 1.82) is 5.26 Å². The summed E-state index contributed by atoms with van der Waals surface area (Å²) in [5.41, 5.74) is 2.80. The number of nitriles is 1. The fourth-order valence-electron chi connectivity index (χ4n) is 1.45. The molecule has 0 amide bonds. The summed E-state index contributed by atoms with van der Waals surface area (Å²) in [7, 11) is 0. The van der Waals surface area contributed by atoms with E-state index in [0.717, 1.165) is 16.7 Å². The average molecular weight is 236 g/mol. The van der Waals surface area contributed by atoms with Crippen molar-refractivity contribution in [2.45, 2.75) is 0 Å². The molecule has 0 N–H and O–H groups in total. The molecule has 0 atom stereocenters. The Labute approximate surface area is 107 Å². The minimum atomic E-state index is -0.167. The van der Waals surface area contributed by atoms with E-state index in [-0.39, 0.29) is 6.61 Å². The highest BCUT2D eigenvalue weighted by Gasteiger charge is 2.01. The quantitative estimate of drug-likeness (QED) is 0.731. The molecule has 0 aliphatic rings. The lowest BCUT2D eigenvalue weighted by molar-refractivity contribution is 0.232. The average Bonchev–Trinajstić information content (AvgIpc) is 2.48. The molecule has 0 unspecified atom stereocenters. The van der Waals surface area contributed by atoms with Gasteiger partial charge in [-0.3, -0.25) is 0 Å². The monoisotopic (exact) mass is 236 g/mol. The number of nitrogens with zero attached hydrogens (tertiary/aromatic N) is 1. The van der Waals surface area contributed by atoms with Crippen molar-refractivity contribution in [1.82, 2.24) is 0 Å². The smallest absolute Gasteiger partial charge is 0.100 e. The summed E-state index contributed by atoms with van der Waals surface area (Å²) in [5, 5.41) is 18.1. The Hall–Kier alpha value is -2.37. The van der Waals surface area contributed by atoms with Gasteiger partial charge in [-0.15, -0.1) is 6.58 Å². The van der Waals surface area contributed by atoms with E-state index in [9.17, 15) is 5.11 Å². The zero-order valence-electron chi connectivity index (χ0n) is 10.0. The predicted molar refractivity (Wildman–Crippen MR) is 72.3 cm³/mol. The normalized spacial score (nSPS) is 8.67. The molecule has 0 aliphatic heterocycles. The molecule has 0 spiro atoms. The Bertz CT molecular complexity index is 526. The van der Waals surface area contributed by atoms with E-state index in [4.69, 9.17) is 5.26 Å². The molecule has 0 saturated heterocycles. The second kappa shape index (κ2) is 7.83. The second-order valence-electron chi connectivity index (χ2n) is 3.48. The Morgan fingerprint density at radius 3 is 2.17 bits per heavy atom. The van der Waals surface area contributed by atoms with Crippen molar-refractivity contribution in [3.63, 3.8) is 0 Å². The van der Waals surface area contributed by atoms with E-state index in [1.807, 2.05) is 54.6 Å². The van der Waals surface area contributed by atoms with Crippen molar-refractivity contribution in [2.75, 3.05) is 6.61 Å². The maximum atomic E-state index is 9.18. The first-order valence-electron chi connectivity index (χ1n) is 5.57. The van der Waals surface area contributed by atoms with Crippen molar-refractivity contribution >= 4 is 0 Å². The summed E-state index contributed by atoms with van der Waals surface area (Å²) in [4.78, 5) is 0. The van der Waals surface area contributed by atoms with Crippen molar-refractivity contribution < 1.29 is 5.11 Å². The molecule has 2 aromatic rings. The first-order valence-corrected chi connectivity index (χ1v) is 5.57. The van der Waals surface area contributed by atoms with Gasteiger partial charge in [0.15, 0.2) is 0 Å². The number of hydrogen-bond donors (Lipinski definition) is 0. The molecule has 2 heteroatoms. The van der Waals surface area contributed by atoms with E-state index in [1.54, 1.807) is 0 Å². The lowest BCUT2D eigenvalue weighted by Gasteiger charge is -2.02. The third-order valence-corrected chi connectivity index (χ3v) is 2.25. The lowest BCUT2D eigenvalue weighted by Crippen LogP contribution is -1.82. The highest BCUT2D eigenvalue weighted by Crippen LogP contribution is 2.22. The molecular weight excluding hydrogens is 222 g/mol. The van der Waals surface area contributed by atoms with E-state index in [1.165, 1.54) is 6.08 Å². The van der Waals surface area contributed by atoms with E-state index in [2.05, 4.69) is 12.6 Å². The van der Waals surface area contributed by atoms with Crippen molar-refractivity contribution in [3.05, 3.63) is 72.8 Å². The minimum absolute atomic E-state index is 0.167. The summed E-state index contributed by atoms with van der Waals surface area (Å²) >= 11 is 0. The molecule has 89 valence electrons. The van der Waals surface area contributed by atoms with Crippen LogP contribution < -0.4 is 0 Å². The third kappa shape index (κ3) is 3.89. The van der Waals surface area contributed by atoms with Gasteiger partial charge in [0.05, 0.1) is 11.6 Å². The van der Waals surface area contributed by atoms with Crippen LogP contribution in [0.3, 0.4) is 0 Å². The fourth-order valence-corrected chi connectivity index (χ4v) is 1.45. The van der Waals surface area contributed by atoms with Gasteiger partial charge in [-0.2, -0.15) is 5.26 Å². The molecule has 2 nitrogen and oxygen atoms in total. The SMILES string of the molecule is C=CC[O].N#Cc1ccccc1-c1ccccc1. The fraction of sp³-hybridized carbons (Fsp3) is 0.0625. The van der Waals surface area contributed by atoms with Gasteiger partial charge in [0.1, 0.15) is 6.61 Å². The summed E-state index contributed by atoms with van der Waals surface area (Å²) in [6.45, 7) is 3.00. The summed E-state index contributed by atoms with van der Waals surface area (Å²) < 4.78 is 0. The van der Waals surface area contributed by atoms with Crippen LogP contribution in [0.2, 0.25) is 0 Å². The van der Waals surface area contributed by atoms with E-state index < -0.39 is 0 Å². The molecule has 0 aromatic heterocycles. The van der Waals surface area contributed by atoms with Crippen LogP contribution in [-0.4, -0.2) is 6.61 Å². The number of hydrogen-bond acceptors (Lipinski definition) is 1. The molecule has 2 aromatic carbocycles. The zero-order valence-corrected chi connectivity index (χ0v) is 10.0. The second-order valence-corrected chi connectivity index (χ2v) is 3.48. The molecule has 0 bridgehead atoms. The van der Waals surface area contributed by atoms with Crippen LogP contribution in [0.15, 0.2) is 67.3 Å². The van der Waals surface area contributed by atoms with Gasteiger partial charge in [0.25, 0.3) is 0 Å². The standard InChI is InChI=1S/C13H9N.C3H5O/c14-10-12-8-4-5-9-13(12)11-6-2-1-3-7-11;1-2-3-4/h1-9H;2H,1,3H2. The van der Waals surface area contributed by atoms with E-state index in [0.29, 0.717) is 0 Å². The van der Waals surface area contributed by atoms with Gasteiger partial charge in [0.2, 0.25) is 0 Å². The molecule has 0 aliphatic carbocycles. The van der Waals surface area contributed by atoms with Crippen LogP contribution in [-0.2, 0) is 5.11 Å². The van der Waals surface area contributed by atoms with Gasteiger partial charge in [-0.1, -0.05) is 54.6 Å². The Morgan fingerprint density at radius 1 is 1.06 bits per heavy atom. The minimum Gasteiger partial charge on any atom is -0.232 e.